The van der Waals surface area contributed by atoms with Crippen LogP contribution in [0, 0.1) is 17.6 Å². The van der Waals surface area contributed by atoms with E-state index in [-0.39, 0.29) is 36.2 Å². The summed E-state index contributed by atoms with van der Waals surface area (Å²) >= 11 is 0. The summed E-state index contributed by atoms with van der Waals surface area (Å²) in [6.07, 6.45) is 4.37. The van der Waals surface area contributed by atoms with Crippen LogP contribution in [0.15, 0.2) is 42.8 Å². The summed E-state index contributed by atoms with van der Waals surface area (Å²) in [4.78, 5) is 24.1. The van der Waals surface area contributed by atoms with Crippen molar-refractivity contribution in [1.82, 2.24) is 14.9 Å². The lowest BCUT2D eigenvalue weighted by molar-refractivity contribution is -0.125. The van der Waals surface area contributed by atoms with Gasteiger partial charge < -0.3 is 25.0 Å². The van der Waals surface area contributed by atoms with Gasteiger partial charge in [0.1, 0.15) is 17.4 Å². The molecule has 1 aromatic heterocycles. The topological polar surface area (TPSA) is 93.8 Å². The van der Waals surface area contributed by atoms with E-state index < -0.39 is 11.6 Å². The van der Waals surface area contributed by atoms with Crippen LogP contribution in [0.25, 0.3) is 6.08 Å². The van der Waals surface area contributed by atoms with E-state index in [1.54, 1.807) is 24.3 Å². The van der Waals surface area contributed by atoms with Crippen LogP contribution in [0.1, 0.15) is 5.56 Å². The fourth-order valence-corrected chi connectivity index (χ4v) is 4.02. The van der Waals surface area contributed by atoms with Crippen LogP contribution in [0.2, 0.25) is 0 Å². The molecule has 0 aliphatic carbocycles. The van der Waals surface area contributed by atoms with Gasteiger partial charge in [-0.3, -0.25) is 4.79 Å². The summed E-state index contributed by atoms with van der Waals surface area (Å²) in [5, 5.41) is 0. The quantitative estimate of drug-likeness (QED) is 0.685. The van der Waals surface area contributed by atoms with Crippen molar-refractivity contribution in [2.45, 2.75) is 6.10 Å². The molecule has 3 heterocycles. The maximum Gasteiger partial charge on any atom is 0.246 e. The molecule has 8 nitrogen and oxygen atoms in total. The molecule has 0 spiro atoms. The van der Waals surface area contributed by atoms with Crippen molar-refractivity contribution in [2.75, 3.05) is 43.9 Å². The van der Waals surface area contributed by atoms with Crippen molar-refractivity contribution >= 4 is 23.7 Å². The van der Waals surface area contributed by atoms with Crippen LogP contribution in [0.4, 0.5) is 20.5 Å². The van der Waals surface area contributed by atoms with Gasteiger partial charge in [0.25, 0.3) is 0 Å². The Morgan fingerprint density at radius 1 is 1.38 bits per heavy atom. The Morgan fingerprint density at radius 2 is 2.19 bits per heavy atom. The molecule has 1 aromatic carbocycles. The highest BCUT2D eigenvalue weighted by Crippen LogP contribution is 2.32. The molecule has 1 fully saturated rings. The first-order valence-corrected chi connectivity index (χ1v) is 10.0. The number of ether oxygens (including phenoxy) is 2. The average molecular weight is 443 g/mol. The van der Waals surface area contributed by atoms with Crippen molar-refractivity contribution in [3.05, 3.63) is 60.0 Å². The molecule has 0 unspecified atom stereocenters. The van der Waals surface area contributed by atoms with Gasteiger partial charge in [0.15, 0.2) is 11.6 Å². The van der Waals surface area contributed by atoms with Crippen molar-refractivity contribution < 1.29 is 23.0 Å². The lowest BCUT2D eigenvalue weighted by atomic mass is 10.0. The Bertz CT molecular complexity index is 1080. The average Bonchev–Trinajstić information content (AvgIpc) is 3.18. The molecule has 0 radical (unpaired) electrons. The molecule has 0 saturated carbocycles. The predicted octanol–water partition coefficient (Wildman–Crippen LogP) is 2.24. The highest BCUT2D eigenvalue weighted by molar-refractivity contribution is 5.87. The number of hydrogen-bond donors (Lipinski definition) is 1. The van der Waals surface area contributed by atoms with Crippen LogP contribution >= 0.6 is 0 Å². The van der Waals surface area contributed by atoms with E-state index in [0.717, 1.165) is 12.1 Å². The molecule has 168 valence electrons. The van der Waals surface area contributed by atoms with E-state index in [1.165, 1.54) is 12.1 Å². The van der Waals surface area contributed by atoms with Crippen LogP contribution < -0.4 is 15.4 Å². The number of rotatable bonds is 6. The van der Waals surface area contributed by atoms with Gasteiger partial charge in [0.05, 0.1) is 12.6 Å². The second-order valence-corrected chi connectivity index (χ2v) is 7.66. The SMILES string of the molecule is C=CC(=O)N1C[C@H](CN2CC(Oc3ccc(F)cc3F)=Cc3cnc(N)nc32)[C@@H](OC)C1. The second-order valence-electron chi connectivity index (χ2n) is 7.66. The monoisotopic (exact) mass is 443 g/mol. The summed E-state index contributed by atoms with van der Waals surface area (Å²) in [6.45, 7) is 5.24. The molecule has 32 heavy (non-hydrogen) atoms. The molecule has 0 bridgehead atoms. The highest BCUT2D eigenvalue weighted by Gasteiger charge is 2.37. The Labute approximate surface area is 183 Å². The first kappa shape index (κ1) is 21.7. The maximum atomic E-state index is 14.1. The molecule has 2 atom stereocenters. The van der Waals surface area contributed by atoms with E-state index in [9.17, 15) is 13.6 Å². The number of amides is 1. The second kappa shape index (κ2) is 8.91. The molecule has 1 saturated heterocycles. The zero-order chi connectivity index (χ0) is 22.8. The van der Waals surface area contributed by atoms with E-state index in [1.807, 2.05) is 4.90 Å². The summed E-state index contributed by atoms with van der Waals surface area (Å²) in [5.74, 6) is -0.592. The van der Waals surface area contributed by atoms with Gasteiger partial charge in [0, 0.05) is 50.5 Å². The predicted molar refractivity (Wildman–Crippen MR) is 115 cm³/mol. The maximum absolute atomic E-state index is 14.1. The van der Waals surface area contributed by atoms with Crippen molar-refractivity contribution in [1.29, 1.82) is 0 Å². The van der Waals surface area contributed by atoms with E-state index in [4.69, 9.17) is 15.2 Å². The van der Waals surface area contributed by atoms with Crippen LogP contribution in [0.3, 0.4) is 0 Å². The van der Waals surface area contributed by atoms with Gasteiger partial charge >= 0.3 is 0 Å². The summed E-state index contributed by atoms with van der Waals surface area (Å²) in [7, 11) is 1.61. The highest BCUT2D eigenvalue weighted by atomic mass is 19.1. The first-order valence-electron chi connectivity index (χ1n) is 10.0. The minimum absolute atomic E-state index is 0.0187. The minimum atomic E-state index is -0.800. The summed E-state index contributed by atoms with van der Waals surface area (Å²) < 4.78 is 38.7. The molecule has 2 aliphatic heterocycles. The zero-order valence-electron chi connectivity index (χ0n) is 17.5. The third kappa shape index (κ3) is 4.40. The Morgan fingerprint density at radius 3 is 2.91 bits per heavy atom. The molecule has 2 aromatic rings. The van der Waals surface area contributed by atoms with Gasteiger partial charge in [-0.1, -0.05) is 6.58 Å². The summed E-state index contributed by atoms with van der Waals surface area (Å²) in [5.41, 5.74) is 6.45. The minimum Gasteiger partial charge on any atom is -0.457 e. The normalized spacial score (nSPS) is 20.0. The first-order chi connectivity index (χ1) is 15.4. The van der Waals surface area contributed by atoms with E-state index in [0.29, 0.717) is 36.8 Å². The largest absolute Gasteiger partial charge is 0.457 e. The molecule has 2 N–H and O–H groups in total. The number of hydrogen-bond acceptors (Lipinski definition) is 7. The number of halogens is 2. The number of likely N-dealkylation sites (tertiary alicyclic amines) is 1. The molecule has 4 rings (SSSR count). The number of nitrogen functional groups attached to an aromatic ring is 1. The van der Waals surface area contributed by atoms with Crippen molar-refractivity contribution in [2.24, 2.45) is 5.92 Å². The van der Waals surface area contributed by atoms with Crippen molar-refractivity contribution in [3.8, 4) is 5.75 Å². The van der Waals surface area contributed by atoms with Crippen LogP contribution in [-0.4, -0.2) is 60.2 Å². The third-order valence-corrected chi connectivity index (χ3v) is 5.54. The molecular formula is C22H23F2N5O3. The Kier molecular flexibility index (Phi) is 6.04. The van der Waals surface area contributed by atoms with Gasteiger partial charge in [-0.05, 0) is 24.3 Å². The zero-order valence-corrected chi connectivity index (χ0v) is 17.5. The number of methoxy groups -OCH3 is 1. The van der Waals surface area contributed by atoms with Crippen molar-refractivity contribution in [3.63, 3.8) is 0 Å². The lowest BCUT2D eigenvalue weighted by Crippen LogP contribution is -2.39. The molecule has 2 aliphatic rings. The lowest BCUT2D eigenvalue weighted by Gasteiger charge is -2.32. The number of nitrogens with two attached hydrogens (primary N) is 1. The number of nitrogens with zero attached hydrogens (tertiary/aromatic N) is 4. The number of fused-ring (bicyclic) bond motifs is 1. The third-order valence-electron chi connectivity index (χ3n) is 5.54. The van der Waals surface area contributed by atoms with Crippen LogP contribution in [-0.2, 0) is 9.53 Å². The van der Waals surface area contributed by atoms with E-state index >= 15 is 0 Å². The number of carbonyl (C=O) groups is 1. The molecule has 10 heteroatoms. The standard InChI is InChI=1S/C22H23F2N5O3/c1-3-20(30)28-9-14(19(12-28)31-2)10-29-11-16(6-13-8-26-22(25)27-21(13)29)32-18-5-4-15(23)7-17(18)24/h3-8,14,19H,1,9-12H2,2H3,(H2,25,26,27)/t14-,19+/m1/s1. The van der Waals surface area contributed by atoms with E-state index in [2.05, 4.69) is 16.5 Å². The molecular weight excluding hydrogens is 420 g/mol. The number of benzene rings is 1. The van der Waals surface area contributed by atoms with Gasteiger partial charge in [-0.25, -0.2) is 13.8 Å². The van der Waals surface area contributed by atoms with Gasteiger partial charge in [-0.2, -0.15) is 4.98 Å². The fourth-order valence-electron chi connectivity index (χ4n) is 4.02. The smallest absolute Gasteiger partial charge is 0.246 e. The van der Waals surface area contributed by atoms with Gasteiger partial charge in [0.2, 0.25) is 11.9 Å². The number of aromatic nitrogens is 2. The number of carbonyl (C=O) groups excluding carboxylic acids is 1. The number of anilines is 2. The molecule has 1 amide bonds. The summed E-state index contributed by atoms with van der Waals surface area (Å²) in [6, 6.07) is 3.13. The fraction of sp³-hybridized carbons (Fsp3) is 0.318. The van der Waals surface area contributed by atoms with Gasteiger partial charge in [-0.15, -0.1) is 0 Å². The Balaban J connectivity index is 1.59. The van der Waals surface area contributed by atoms with Crippen LogP contribution in [0.5, 0.6) is 5.75 Å². The Hall–Kier alpha value is -3.53.